The van der Waals surface area contributed by atoms with Crippen LogP contribution < -0.4 is 24.8 Å². The number of rotatable bonds is 10. The molecule has 180 valence electrons. The van der Waals surface area contributed by atoms with Gasteiger partial charge in [-0.2, -0.15) is 0 Å². The van der Waals surface area contributed by atoms with E-state index in [0.717, 1.165) is 22.4 Å². The summed E-state index contributed by atoms with van der Waals surface area (Å²) in [5.74, 6) is -0.409. The first-order valence-corrected chi connectivity index (χ1v) is 13.5. The molecule has 1 amide bonds. The summed E-state index contributed by atoms with van der Waals surface area (Å²) in [5.41, 5.74) is 6.73. The minimum absolute atomic E-state index is 0. The number of amides is 1. The molecule has 0 aliphatic heterocycles. The van der Waals surface area contributed by atoms with E-state index < -0.39 is 5.91 Å². The molecule has 0 unspecified atom stereocenters. The van der Waals surface area contributed by atoms with Crippen molar-refractivity contribution in [3.8, 4) is 0 Å². The molecule has 0 aliphatic carbocycles. The molecule has 3 aromatic carbocycles. The van der Waals surface area contributed by atoms with E-state index in [4.69, 9.17) is 5.73 Å². The Kier molecular flexibility index (Phi) is 27.6. The maximum atomic E-state index is 10.3. The van der Waals surface area contributed by atoms with Crippen LogP contribution >= 0.6 is 0 Å². The average molecular weight is 584 g/mol. The van der Waals surface area contributed by atoms with Gasteiger partial charge in [0.2, 0.25) is 0 Å². The van der Waals surface area contributed by atoms with Crippen LogP contribution in [0.5, 0.6) is 0 Å². The van der Waals surface area contributed by atoms with Gasteiger partial charge in [-0.3, -0.25) is 0 Å². The third kappa shape index (κ3) is 16.7. The first kappa shape index (κ1) is 37.0. The van der Waals surface area contributed by atoms with E-state index >= 15 is 0 Å². The Morgan fingerprint density at radius 2 is 1.12 bits per heavy atom. The Bertz CT molecular complexity index is 791. The number of nitrogens with one attached hydrogen (secondary N) is 1. The monoisotopic (exact) mass is 581 g/mol. The van der Waals surface area contributed by atoms with Crippen molar-refractivity contribution in [2.45, 2.75) is 84.2 Å². The minimum atomic E-state index is -0.409. The Hall–Kier alpha value is -0.540. The van der Waals surface area contributed by atoms with Gasteiger partial charge >= 0.3 is 26.2 Å². The Labute approximate surface area is 236 Å². The fraction of sp³-hybridized carbons (Fsp3) is 0.481. The number of hydrogen-bond acceptors (Lipinski definition) is 1. The smallest absolute Gasteiger partial charge is 1.00 e. The second-order valence-corrected chi connectivity index (χ2v) is 8.82. The number of unbranched alkanes of at least 4 members (excludes halogenated alkanes) is 8. The normalized spacial score (nSPS) is 9.30. The zero-order valence-electron chi connectivity index (χ0n) is 20.4. The third-order valence-electron chi connectivity index (χ3n) is 5.03. The number of halogens is 2. The molecule has 0 bridgehead atoms. The maximum Gasteiger partial charge on any atom is 4.00 e. The Morgan fingerprint density at radius 1 is 0.758 bits per heavy atom. The van der Waals surface area contributed by atoms with Crippen LogP contribution in [0.3, 0.4) is 0 Å². The molecule has 6 heteroatoms. The molecule has 0 heterocycles. The van der Waals surface area contributed by atoms with Crippen molar-refractivity contribution in [2.75, 3.05) is 0 Å². The van der Waals surface area contributed by atoms with Crippen LogP contribution in [0, 0.1) is 0 Å². The van der Waals surface area contributed by atoms with Gasteiger partial charge in [-0.25, -0.2) is 0 Å². The van der Waals surface area contributed by atoms with Gasteiger partial charge in [-0.15, -0.1) is 39.7 Å². The van der Waals surface area contributed by atoms with Crippen molar-refractivity contribution < 1.29 is 55.8 Å². The zero-order valence-corrected chi connectivity index (χ0v) is 25.4. The molecule has 2 radical (unpaired) electrons. The van der Waals surface area contributed by atoms with Gasteiger partial charge < -0.3 is 35.3 Å². The first-order chi connectivity index (χ1) is 14.6. The van der Waals surface area contributed by atoms with E-state index in [1.807, 2.05) is 0 Å². The molecule has 0 aliphatic rings. The van der Waals surface area contributed by atoms with Crippen molar-refractivity contribution in [3.05, 3.63) is 60.3 Å². The van der Waals surface area contributed by atoms with Crippen molar-refractivity contribution in [1.29, 1.82) is 0 Å². The molecule has 2 nitrogen and oxygen atoms in total. The number of benzene rings is 2. The zero-order chi connectivity index (χ0) is 22.0. The van der Waals surface area contributed by atoms with Crippen molar-refractivity contribution >= 4 is 37.0 Å². The van der Waals surface area contributed by atoms with Crippen LogP contribution in [0.25, 0.3) is 27.3 Å². The van der Waals surface area contributed by atoms with E-state index in [-0.39, 0.29) is 51.0 Å². The second kappa shape index (κ2) is 24.6. The van der Waals surface area contributed by atoms with Crippen molar-refractivity contribution in [3.63, 3.8) is 0 Å². The number of fused-ring (bicyclic) bond motifs is 3. The Balaban J connectivity index is -0.000000450. The summed E-state index contributed by atoms with van der Waals surface area (Å²) in [6.45, 7) is 6.54. The third-order valence-corrected chi connectivity index (χ3v) is 5.03. The summed E-state index contributed by atoms with van der Waals surface area (Å²) in [5, 5.41) is 5.39. The summed E-state index contributed by atoms with van der Waals surface area (Å²) < 4.78 is 0. The van der Waals surface area contributed by atoms with Crippen LogP contribution in [0.2, 0.25) is 13.1 Å². The minimum Gasteiger partial charge on any atom is -1.00 e. The van der Waals surface area contributed by atoms with E-state index in [2.05, 4.69) is 74.6 Å². The van der Waals surface area contributed by atoms with E-state index in [9.17, 15) is 4.79 Å². The molecule has 3 aromatic rings. The van der Waals surface area contributed by atoms with Crippen molar-refractivity contribution in [1.82, 2.24) is 0 Å². The number of hydrogen-bond donors (Lipinski definition) is 0. The molecule has 0 atom stereocenters. The number of carbonyl (C=O) groups excluding carboxylic acids is 1. The SMILES string of the molecule is CCCCCCCCCCCC([NH-])=O.C[Si]C.[Cl-].[Cl-].[Zr+4].c1ccc2c(c1)[cH-]c1ccccc12. The quantitative estimate of drug-likeness (QED) is 0.206. The van der Waals surface area contributed by atoms with Crippen LogP contribution in [-0.2, 0) is 31.0 Å². The van der Waals surface area contributed by atoms with Crippen LogP contribution in [0.15, 0.2) is 54.6 Å². The summed E-state index contributed by atoms with van der Waals surface area (Å²) in [4.78, 5) is 10.3. The van der Waals surface area contributed by atoms with Crippen LogP contribution in [0.4, 0.5) is 0 Å². The fourth-order valence-electron chi connectivity index (χ4n) is 3.50. The largest absolute Gasteiger partial charge is 4.00 e. The van der Waals surface area contributed by atoms with E-state index in [1.165, 1.54) is 66.5 Å². The van der Waals surface area contributed by atoms with Gasteiger partial charge in [0.25, 0.3) is 0 Å². The summed E-state index contributed by atoms with van der Waals surface area (Å²) in [6.07, 6.45) is 11.8. The summed E-state index contributed by atoms with van der Waals surface area (Å²) in [7, 11) is 1.08. The molecule has 0 spiro atoms. The van der Waals surface area contributed by atoms with Gasteiger partial charge in [0, 0.05) is 15.4 Å². The molecule has 0 saturated carbocycles. The molecular formula is C27H39Cl2NOSiZr. The molecule has 0 saturated heterocycles. The molecule has 3 rings (SSSR count). The van der Waals surface area contributed by atoms with Gasteiger partial charge in [0.1, 0.15) is 0 Å². The molecule has 0 aromatic heterocycles. The second-order valence-electron chi connectivity index (χ2n) is 7.82. The van der Waals surface area contributed by atoms with Gasteiger partial charge in [0.05, 0.1) is 0 Å². The van der Waals surface area contributed by atoms with Crippen molar-refractivity contribution in [2.24, 2.45) is 0 Å². The van der Waals surface area contributed by atoms with E-state index in [0.29, 0.717) is 6.42 Å². The predicted molar refractivity (Wildman–Crippen MR) is 136 cm³/mol. The molecule has 1 N–H and O–H groups in total. The Morgan fingerprint density at radius 3 is 1.52 bits per heavy atom. The van der Waals surface area contributed by atoms with Crippen LogP contribution in [-0.4, -0.2) is 15.4 Å². The predicted octanol–water partition coefficient (Wildman–Crippen LogP) is 2.99. The van der Waals surface area contributed by atoms with E-state index in [1.54, 1.807) is 0 Å². The van der Waals surface area contributed by atoms with Gasteiger partial charge in [0.15, 0.2) is 0 Å². The van der Waals surface area contributed by atoms with Gasteiger partial charge in [-0.1, -0.05) is 108 Å². The number of carbonyl (C=O) groups is 1. The van der Waals surface area contributed by atoms with Crippen LogP contribution in [0.1, 0.15) is 71.1 Å². The molecule has 0 fully saturated rings. The first-order valence-electron chi connectivity index (χ1n) is 11.5. The molecular weight excluding hydrogens is 545 g/mol. The average Bonchev–Trinajstić information content (AvgIpc) is 3.12. The fourth-order valence-corrected chi connectivity index (χ4v) is 3.50. The molecule has 33 heavy (non-hydrogen) atoms. The van der Waals surface area contributed by atoms with Gasteiger partial charge in [-0.05, 0) is 12.8 Å². The maximum absolute atomic E-state index is 10.3. The summed E-state index contributed by atoms with van der Waals surface area (Å²) >= 11 is 0. The topological polar surface area (TPSA) is 40.9 Å². The standard InChI is InChI=1S/C13H9.C12H25NO.C2H6Si.2ClH.Zr/c1-3-7-12-10(5-1)9-11-6-2-4-8-13(11)12;1-2-3-4-5-6-7-8-9-10-11-12(13)14;1-3-2;;;/h1-9H;2-11H2,1H3,(H2,13,14);1-2H3;2*1H;/q-1;;;;;+4/p-3. The summed E-state index contributed by atoms with van der Waals surface area (Å²) in [6, 6.07) is 19.3.